The lowest BCUT2D eigenvalue weighted by atomic mass is 9.54. The van der Waals surface area contributed by atoms with Crippen LogP contribution >= 0.6 is 12.4 Å². The van der Waals surface area contributed by atoms with Crippen LogP contribution in [-0.2, 0) is 16.6 Å². The number of nitrogens with one attached hydrogen (secondary N) is 1. The molecule has 2 aromatic rings. The van der Waals surface area contributed by atoms with Crippen LogP contribution in [0.1, 0.15) is 27.2 Å². The van der Waals surface area contributed by atoms with Gasteiger partial charge >= 0.3 is 5.76 Å². The maximum Gasteiger partial charge on any atom is 0.419 e. The second kappa shape index (κ2) is 6.48. The number of hydrogen-bond acceptors (Lipinski definition) is 5. The molecule has 3 rings (SSSR count). The van der Waals surface area contributed by atoms with Gasteiger partial charge in [0.05, 0.1) is 11.6 Å². The number of aromatic nitrogens is 1. The molecule has 0 bridgehead atoms. The molecule has 0 radical (unpaired) electrons. The number of anilines is 1. The average Bonchev–Trinajstić information content (AvgIpc) is 2.81. The second-order valence-electron chi connectivity index (χ2n) is 6.90. The number of hydrogen-bond donors (Lipinski definition) is 2. The van der Waals surface area contributed by atoms with Crippen molar-refractivity contribution in [3.05, 3.63) is 28.7 Å². The molecular formula is C17H24ClN3O4. The number of rotatable bonds is 4. The van der Waals surface area contributed by atoms with Crippen molar-refractivity contribution in [2.75, 3.05) is 11.9 Å². The number of nitrogens with two attached hydrogens (primary N) is 1. The van der Waals surface area contributed by atoms with Crippen LogP contribution in [0.3, 0.4) is 0 Å². The Morgan fingerprint density at radius 2 is 2.16 bits per heavy atom. The van der Waals surface area contributed by atoms with E-state index < -0.39 is 16.7 Å². The number of fused-ring (bicyclic) bond motifs is 1. The van der Waals surface area contributed by atoms with Crippen LogP contribution in [0, 0.1) is 5.41 Å². The lowest BCUT2D eigenvalue weighted by Crippen LogP contribution is -2.74. The molecular weight excluding hydrogens is 346 g/mol. The van der Waals surface area contributed by atoms with E-state index in [-0.39, 0.29) is 24.4 Å². The molecule has 1 aliphatic rings. The summed E-state index contributed by atoms with van der Waals surface area (Å²) >= 11 is 0. The fourth-order valence-electron chi connectivity index (χ4n) is 3.27. The van der Waals surface area contributed by atoms with Crippen LogP contribution in [-0.4, -0.2) is 28.7 Å². The average molecular weight is 370 g/mol. The highest BCUT2D eigenvalue weighted by molar-refractivity contribution is 6.00. The first-order valence-corrected chi connectivity index (χ1v) is 8.02. The zero-order chi connectivity index (χ0) is 17.7. The number of aryl methyl sites for hydroxylation is 1. The van der Waals surface area contributed by atoms with Crippen molar-refractivity contribution in [3.63, 3.8) is 0 Å². The summed E-state index contributed by atoms with van der Waals surface area (Å²) < 4.78 is 12.1. The van der Waals surface area contributed by atoms with Gasteiger partial charge in [-0.1, -0.05) is 13.8 Å². The first-order valence-electron chi connectivity index (χ1n) is 8.02. The Kier molecular flexibility index (Phi) is 5.05. The van der Waals surface area contributed by atoms with Gasteiger partial charge in [0.15, 0.2) is 5.58 Å². The molecule has 3 N–H and O–H groups in total. The molecule has 8 heteroatoms. The van der Waals surface area contributed by atoms with E-state index in [2.05, 4.69) is 5.32 Å². The summed E-state index contributed by atoms with van der Waals surface area (Å²) in [5.41, 5.74) is 6.58. The van der Waals surface area contributed by atoms with Crippen LogP contribution in [0.5, 0.6) is 0 Å². The van der Waals surface area contributed by atoms with Gasteiger partial charge in [0.1, 0.15) is 5.54 Å². The number of benzene rings is 1. The van der Waals surface area contributed by atoms with Gasteiger partial charge in [0, 0.05) is 31.2 Å². The molecule has 7 nitrogen and oxygen atoms in total. The number of carbonyl (C=O) groups is 1. The number of ether oxygens (including phenoxy) is 1. The van der Waals surface area contributed by atoms with Gasteiger partial charge in [-0.3, -0.25) is 9.36 Å². The molecule has 1 aliphatic carbocycles. The fourth-order valence-corrected chi connectivity index (χ4v) is 3.27. The maximum atomic E-state index is 12.7. The Bertz CT molecular complexity index is 857. The number of oxazole rings is 1. The van der Waals surface area contributed by atoms with Gasteiger partial charge in [-0.25, -0.2) is 4.79 Å². The molecule has 1 amide bonds. The third-order valence-corrected chi connectivity index (χ3v) is 5.28. The third-order valence-electron chi connectivity index (χ3n) is 5.28. The van der Waals surface area contributed by atoms with Gasteiger partial charge in [0.25, 0.3) is 0 Å². The third kappa shape index (κ3) is 2.86. The van der Waals surface area contributed by atoms with Crippen molar-refractivity contribution in [1.82, 2.24) is 4.57 Å². The van der Waals surface area contributed by atoms with Crippen molar-refractivity contribution >= 4 is 35.1 Å². The topological polar surface area (TPSA) is 99.5 Å². The second-order valence-corrected chi connectivity index (χ2v) is 6.90. The van der Waals surface area contributed by atoms with Gasteiger partial charge in [-0.05, 0) is 25.1 Å². The van der Waals surface area contributed by atoms with Gasteiger partial charge in [-0.15, -0.1) is 12.4 Å². The van der Waals surface area contributed by atoms with Crippen molar-refractivity contribution in [1.29, 1.82) is 0 Å². The number of halogens is 1. The molecule has 1 heterocycles. The molecule has 2 unspecified atom stereocenters. The summed E-state index contributed by atoms with van der Waals surface area (Å²) in [4.78, 5) is 24.3. The van der Waals surface area contributed by atoms with Crippen LogP contribution < -0.4 is 16.8 Å². The SMILES string of the molecule is CCOC1CC(N)(C(=O)Nc2ccc3oc(=O)n(C)c3c2)C1(C)C.Cl. The van der Waals surface area contributed by atoms with Crippen LogP contribution in [0.4, 0.5) is 5.69 Å². The van der Waals surface area contributed by atoms with Crippen LogP contribution in [0.25, 0.3) is 11.1 Å². The first-order chi connectivity index (χ1) is 11.2. The van der Waals surface area contributed by atoms with E-state index in [0.717, 1.165) is 0 Å². The van der Waals surface area contributed by atoms with E-state index in [1.54, 1.807) is 25.2 Å². The highest BCUT2D eigenvalue weighted by atomic mass is 35.5. The van der Waals surface area contributed by atoms with Gasteiger partial charge in [-0.2, -0.15) is 0 Å². The van der Waals surface area contributed by atoms with Crippen molar-refractivity contribution in [3.8, 4) is 0 Å². The van der Waals surface area contributed by atoms with Crippen molar-refractivity contribution in [2.24, 2.45) is 18.2 Å². The Hall–Kier alpha value is -1.83. The summed E-state index contributed by atoms with van der Waals surface area (Å²) in [6.07, 6.45) is 0.446. The fraction of sp³-hybridized carbons (Fsp3) is 0.529. The van der Waals surface area contributed by atoms with Crippen molar-refractivity contribution < 1.29 is 13.9 Å². The summed E-state index contributed by atoms with van der Waals surface area (Å²) in [5.74, 6) is -0.695. The summed E-state index contributed by atoms with van der Waals surface area (Å²) in [7, 11) is 1.62. The molecule has 1 fully saturated rings. The smallest absolute Gasteiger partial charge is 0.408 e. The molecule has 25 heavy (non-hydrogen) atoms. The number of carbonyl (C=O) groups excluding carboxylic acids is 1. The van der Waals surface area contributed by atoms with E-state index >= 15 is 0 Å². The monoisotopic (exact) mass is 369 g/mol. The molecule has 0 aliphatic heterocycles. The summed E-state index contributed by atoms with van der Waals surface area (Å²) in [5, 5.41) is 2.85. The normalized spacial score (nSPS) is 24.4. The Morgan fingerprint density at radius 1 is 1.48 bits per heavy atom. The Labute approximate surface area is 151 Å². The van der Waals surface area contributed by atoms with E-state index in [1.807, 2.05) is 20.8 Å². The summed E-state index contributed by atoms with van der Waals surface area (Å²) in [6, 6.07) is 5.05. The predicted molar refractivity (Wildman–Crippen MR) is 98.1 cm³/mol. The minimum Gasteiger partial charge on any atom is -0.408 e. The van der Waals surface area contributed by atoms with E-state index in [1.165, 1.54) is 4.57 Å². The molecule has 0 saturated heterocycles. The standard InChI is InChI=1S/C17H23N3O4.ClH/c1-5-23-13-9-17(18,16(13,2)3)14(21)19-10-6-7-12-11(8-10)20(4)15(22)24-12;/h6-8,13H,5,9,18H2,1-4H3,(H,19,21);1H. The van der Waals surface area contributed by atoms with E-state index in [4.69, 9.17) is 14.9 Å². The largest absolute Gasteiger partial charge is 0.419 e. The summed E-state index contributed by atoms with van der Waals surface area (Å²) in [6.45, 7) is 6.41. The molecule has 1 saturated carbocycles. The van der Waals surface area contributed by atoms with Crippen LogP contribution in [0.15, 0.2) is 27.4 Å². The maximum absolute atomic E-state index is 12.7. The quantitative estimate of drug-likeness (QED) is 0.858. The zero-order valence-corrected chi connectivity index (χ0v) is 15.6. The molecule has 2 atom stereocenters. The van der Waals surface area contributed by atoms with E-state index in [0.29, 0.717) is 29.8 Å². The minimum atomic E-state index is -0.996. The van der Waals surface area contributed by atoms with Gasteiger partial charge < -0.3 is 20.2 Å². The molecule has 1 aromatic heterocycles. The van der Waals surface area contributed by atoms with Gasteiger partial charge in [0.2, 0.25) is 5.91 Å². The lowest BCUT2D eigenvalue weighted by molar-refractivity contribution is -0.166. The highest BCUT2D eigenvalue weighted by Crippen LogP contribution is 2.50. The number of nitrogens with zero attached hydrogens (tertiary/aromatic N) is 1. The zero-order valence-electron chi connectivity index (χ0n) is 14.8. The first kappa shape index (κ1) is 19.5. The predicted octanol–water partition coefficient (Wildman–Crippen LogP) is 2.02. The molecule has 138 valence electrons. The van der Waals surface area contributed by atoms with Crippen molar-refractivity contribution in [2.45, 2.75) is 38.8 Å². The molecule has 1 aromatic carbocycles. The Morgan fingerprint density at radius 3 is 2.76 bits per heavy atom. The lowest BCUT2D eigenvalue weighted by Gasteiger charge is -2.57. The highest BCUT2D eigenvalue weighted by Gasteiger charge is 2.62. The number of amides is 1. The Balaban J connectivity index is 0.00000225. The minimum absolute atomic E-state index is 0. The van der Waals surface area contributed by atoms with E-state index in [9.17, 15) is 9.59 Å². The molecule has 0 spiro atoms. The van der Waals surface area contributed by atoms with Crippen LogP contribution in [0.2, 0.25) is 0 Å².